The van der Waals surface area contributed by atoms with Crippen molar-refractivity contribution in [3.8, 4) is 5.75 Å². The molecule has 6 nitrogen and oxygen atoms in total. The molecule has 1 aromatic heterocycles. The van der Waals surface area contributed by atoms with E-state index >= 15 is 0 Å². The first-order valence-corrected chi connectivity index (χ1v) is 7.46. The number of nitrogens with zero attached hydrogens (tertiary/aromatic N) is 1. The fraction of sp³-hybridized carbons (Fsp3) is 0.167. The number of rotatable bonds is 7. The Balaban J connectivity index is 1.93. The number of carbonyl (C=O) groups is 2. The molecule has 0 spiro atoms. The van der Waals surface area contributed by atoms with E-state index in [9.17, 15) is 9.59 Å². The molecule has 1 aromatic carbocycles. The highest BCUT2D eigenvalue weighted by molar-refractivity contribution is 5.92. The molecule has 124 valence electrons. The monoisotopic (exact) mass is 325 g/mol. The van der Waals surface area contributed by atoms with Crippen molar-refractivity contribution in [1.29, 1.82) is 0 Å². The van der Waals surface area contributed by atoms with Crippen LogP contribution in [0, 0.1) is 0 Å². The average molecular weight is 325 g/mol. The second-order valence-corrected chi connectivity index (χ2v) is 4.91. The van der Waals surface area contributed by atoms with Crippen LogP contribution >= 0.6 is 0 Å². The van der Waals surface area contributed by atoms with Crippen molar-refractivity contribution in [2.45, 2.75) is 6.54 Å². The molecule has 0 aliphatic rings. The van der Waals surface area contributed by atoms with Crippen LogP contribution in [0.4, 0.5) is 0 Å². The third-order valence-electron chi connectivity index (χ3n) is 3.16. The summed E-state index contributed by atoms with van der Waals surface area (Å²) in [6.45, 7) is 0.334. The van der Waals surface area contributed by atoms with Gasteiger partial charge in [0.15, 0.2) is 6.61 Å². The zero-order valence-corrected chi connectivity index (χ0v) is 13.4. The SMILES string of the molecule is CNC(=O)COc1ccccc1/C=C/C(=O)NCc1cccnc1. The van der Waals surface area contributed by atoms with E-state index in [2.05, 4.69) is 15.6 Å². The smallest absolute Gasteiger partial charge is 0.257 e. The molecule has 0 saturated heterocycles. The Kier molecular flexibility index (Phi) is 6.52. The van der Waals surface area contributed by atoms with E-state index in [1.807, 2.05) is 24.3 Å². The van der Waals surface area contributed by atoms with Crippen LogP contribution in [-0.4, -0.2) is 30.5 Å². The van der Waals surface area contributed by atoms with E-state index < -0.39 is 0 Å². The Morgan fingerprint density at radius 1 is 1.21 bits per heavy atom. The van der Waals surface area contributed by atoms with Crippen LogP contribution in [-0.2, 0) is 16.1 Å². The minimum Gasteiger partial charge on any atom is -0.483 e. The number of hydrogen-bond donors (Lipinski definition) is 2. The molecular weight excluding hydrogens is 306 g/mol. The quantitative estimate of drug-likeness (QED) is 0.757. The standard InChI is InChI=1S/C18H19N3O3/c1-19-18(23)13-24-16-7-3-2-6-15(16)8-9-17(22)21-12-14-5-4-10-20-11-14/h2-11H,12-13H2,1H3,(H,19,23)(H,21,22)/b9-8+. The summed E-state index contributed by atoms with van der Waals surface area (Å²) in [7, 11) is 1.55. The zero-order chi connectivity index (χ0) is 17.2. The number of aromatic nitrogens is 1. The molecule has 0 fully saturated rings. The summed E-state index contributed by atoms with van der Waals surface area (Å²) in [5, 5.41) is 5.26. The van der Waals surface area contributed by atoms with Gasteiger partial charge in [-0.3, -0.25) is 14.6 Å². The molecule has 6 heteroatoms. The minimum absolute atomic E-state index is 0.0748. The van der Waals surface area contributed by atoms with Crippen molar-refractivity contribution in [2.75, 3.05) is 13.7 Å². The van der Waals surface area contributed by atoms with E-state index in [4.69, 9.17) is 4.74 Å². The van der Waals surface area contributed by atoms with Crippen LogP contribution < -0.4 is 15.4 Å². The molecule has 0 radical (unpaired) electrons. The summed E-state index contributed by atoms with van der Waals surface area (Å²) in [5.41, 5.74) is 1.64. The van der Waals surface area contributed by atoms with Gasteiger partial charge in [-0.2, -0.15) is 0 Å². The number of amides is 2. The summed E-state index contributed by atoms with van der Waals surface area (Å²) < 4.78 is 5.45. The number of hydrogen-bond acceptors (Lipinski definition) is 4. The Morgan fingerprint density at radius 3 is 2.79 bits per heavy atom. The first-order valence-electron chi connectivity index (χ1n) is 7.46. The predicted molar refractivity (Wildman–Crippen MR) is 91.1 cm³/mol. The minimum atomic E-state index is -0.222. The largest absolute Gasteiger partial charge is 0.483 e. The second-order valence-electron chi connectivity index (χ2n) is 4.91. The highest BCUT2D eigenvalue weighted by Gasteiger charge is 2.04. The summed E-state index contributed by atoms with van der Waals surface area (Å²) in [4.78, 5) is 27.1. The fourth-order valence-corrected chi connectivity index (χ4v) is 1.88. The molecule has 0 aliphatic carbocycles. The highest BCUT2D eigenvalue weighted by Crippen LogP contribution is 2.19. The van der Waals surface area contributed by atoms with Crippen LogP contribution in [0.2, 0.25) is 0 Å². The zero-order valence-electron chi connectivity index (χ0n) is 13.4. The van der Waals surface area contributed by atoms with Crippen molar-refractivity contribution in [3.05, 3.63) is 66.0 Å². The van der Waals surface area contributed by atoms with Gasteiger partial charge >= 0.3 is 0 Å². The molecule has 2 rings (SSSR count). The highest BCUT2D eigenvalue weighted by atomic mass is 16.5. The average Bonchev–Trinajstić information content (AvgIpc) is 2.64. The molecule has 0 saturated carbocycles. The van der Waals surface area contributed by atoms with Crippen molar-refractivity contribution in [2.24, 2.45) is 0 Å². The second kappa shape index (κ2) is 9.09. The number of carbonyl (C=O) groups excluding carboxylic acids is 2. The van der Waals surface area contributed by atoms with Crippen LogP contribution in [0.1, 0.15) is 11.1 Å². The van der Waals surface area contributed by atoms with E-state index in [0.717, 1.165) is 11.1 Å². The van der Waals surface area contributed by atoms with Gasteiger partial charge in [-0.05, 0) is 23.8 Å². The lowest BCUT2D eigenvalue weighted by Crippen LogP contribution is -2.25. The maximum Gasteiger partial charge on any atom is 0.257 e. The lowest BCUT2D eigenvalue weighted by Gasteiger charge is -2.08. The molecule has 0 atom stereocenters. The van der Waals surface area contributed by atoms with E-state index in [1.54, 1.807) is 37.7 Å². The van der Waals surface area contributed by atoms with Crippen LogP contribution in [0.15, 0.2) is 54.9 Å². The fourth-order valence-electron chi connectivity index (χ4n) is 1.88. The van der Waals surface area contributed by atoms with Gasteiger partial charge in [-0.25, -0.2) is 0 Å². The number of ether oxygens (including phenoxy) is 1. The van der Waals surface area contributed by atoms with E-state index in [-0.39, 0.29) is 18.4 Å². The lowest BCUT2D eigenvalue weighted by atomic mass is 10.2. The molecule has 2 amide bonds. The number of likely N-dealkylation sites (N-methyl/N-ethyl adjacent to an activating group) is 1. The molecule has 24 heavy (non-hydrogen) atoms. The summed E-state index contributed by atoms with van der Waals surface area (Å²) in [6, 6.07) is 10.9. The van der Waals surface area contributed by atoms with Crippen LogP contribution in [0.5, 0.6) is 5.75 Å². The number of pyridine rings is 1. The number of nitrogens with one attached hydrogen (secondary N) is 2. The third-order valence-corrected chi connectivity index (χ3v) is 3.16. The molecule has 0 aliphatic heterocycles. The van der Waals surface area contributed by atoms with Crippen molar-refractivity contribution in [1.82, 2.24) is 15.6 Å². The van der Waals surface area contributed by atoms with Gasteiger partial charge in [0.05, 0.1) is 0 Å². The maximum absolute atomic E-state index is 11.9. The lowest BCUT2D eigenvalue weighted by molar-refractivity contribution is -0.122. The van der Waals surface area contributed by atoms with Gasteiger partial charge in [-0.1, -0.05) is 24.3 Å². The summed E-state index contributed by atoms with van der Waals surface area (Å²) in [5.74, 6) is 0.0976. The van der Waals surface area contributed by atoms with E-state index in [0.29, 0.717) is 12.3 Å². The van der Waals surface area contributed by atoms with Crippen LogP contribution in [0.3, 0.4) is 0 Å². The van der Waals surface area contributed by atoms with Crippen molar-refractivity contribution >= 4 is 17.9 Å². The number of benzene rings is 1. The summed E-state index contributed by atoms with van der Waals surface area (Å²) in [6.07, 6.45) is 6.46. The Labute approximate surface area is 140 Å². The normalized spacial score (nSPS) is 10.4. The van der Waals surface area contributed by atoms with Crippen LogP contribution in [0.25, 0.3) is 6.08 Å². The first-order chi connectivity index (χ1) is 11.7. The predicted octanol–water partition coefficient (Wildman–Crippen LogP) is 1.54. The van der Waals surface area contributed by atoms with Gasteiger partial charge in [0.2, 0.25) is 5.91 Å². The number of para-hydroxylation sites is 1. The third kappa shape index (κ3) is 5.57. The van der Waals surface area contributed by atoms with Crippen molar-refractivity contribution < 1.29 is 14.3 Å². The molecular formula is C18H19N3O3. The molecule has 2 aromatic rings. The van der Waals surface area contributed by atoms with Gasteiger partial charge in [0, 0.05) is 37.6 Å². The van der Waals surface area contributed by atoms with Gasteiger partial charge < -0.3 is 15.4 Å². The first kappa shape index (κ1) is 17.2. The Hall–Kier alpha value is -3.15. The van der Waals surface area contributed by atoms with Gasteiger partial charge in [-0.15, -0.1) is 0 Å². The topological polar surface area (TPSA) is 80.3 Å². The maximum atomic E-state index is 11.9. The van der Waals surface area contributed by atoms with Crippen molar-refractivity contribution in [3.63, 3.8) is 0 Å². The molecule has 1 heterocycles. The molecule has 0 unspecified atom stereocenters. The molecule has 2 N–H and O–H groups in total. The van der Waals surface area contributed by atoms with Gasteiger partial charge in [0.1, 0.15) is 5.75 Å². The summed E-state index contributed by atoms with van der Waals surface area (Å²) >= 11 is 0. The molecule has 0 bridgehead atoms. The van der Waals surface area contributed by atoms with Gasteiger partial charge in [0.25, 0.3) is 5.91 Å². The van der Waals surface area contributed by atoms with E-state index in [1.165, 1.54) is 6.08 Å². The Bertz CT molecular complexity index is 714. The Morgan fingerprint density at radius 2 is 2.04 bits per heavy atom.